The number of nitrogens with one attached hydrogen (secondary N) is 1. The minimum absolute atomic E-state index is 0.112. The van der Waals surface area contributed by atoms with E-state index in [-0.39, 0.29) is 30.4 Å². The van der Waals surface area contributed by atoms with Crippen molar-refractivity contribution in [3.63, 3.8) is 0 Å². The van der Waals surface area contributed by atoms with Crippen LogP contribution in [-0.2, 0) is 28.6 Å². The Balaban J connectivity index is 0.000000288. The van der Waals surface area contributed by atoms with Crippen LogP contribution in [0.25, 0.3) is 0 Å². The Hall–Kier alpha value is -5.77. The van der Waals surface area contributed by atoms with E-state index in [2.05, 4.69) is 18.5 Å². The van der Waals surface area contributed by atoms with Crippen molar-refractivity contribution in [2.75, 3.05) is 24.3 Å². The van der Waals surface area contributed by atoms with Gasteiger partial charge in [0, 0.05) is 18.3 Å². The second-order valence-corrected chi connectivity index (χ2v) is 10.9. The van der Waals surface area contributed by atoms with E-state index >= 15 is 0 Å². The molecule has 4 aromatic carbocycles. The zero-order valence-corrected chi connectivity index (χ0v) is 29.0. The van der Waals surface area contributed by atoms with Gasteiger partial charge in [-0.15, -0.1) is 0 Å². The molecule has 0 fully saturated rings. The fraction of sp³-hybridized carbons (Fsp3) is 0.225. The molecule has 0 aliphatic heterocycles. The van der Waals surface area contributed by atoms with E-state index in [0.29, 0.717) is 22.5 Å². The SMILES string of the molecule is C=C(C(=O)OCC)C(OC(C)=O)c1ccc(C)cc1.C=C(C(=O)OCC)[C@@H](Nc1ccc(F)cc1)c1ccc(C)cc1.Nc1ccc(F)cc1. The van der Waals surface area contributed by atoms with Crippen LogP contribution in [0.15, 0.2) is 121 Å². The van der Waals surface area contributed by atoms with Crippen molar-refractivity contribution in [3.8, 4) is 0 Å². The second kappa shape index (κ2) is 20.6. The molecule has 0 spiro atoms. The smallest absolute Gasteiger partial charge is 0.337 e. The summed E-state index contributed by atoms with van der Waals surface area (Å²) in [6.07, 6.45) is -0.808. The number of anilines is 2. The maximum Gasteiger partial charge on any atom is 0.337 e. The molecule has 10 heteroatoms. The third kappa shape index (κ3) is 13.8. The summed E-state index contributed by atoms with van der Waals surface area (Å²) in [6.45, 7) is 16.8. The zero-order chi connectivity index (χ0) is 37.2. The molecule has 0 heterocycles. The van der Waals surface area contributed by atoms with Gasteiger partial charge in [0.15, 0.2) is 6.10 Å². The maximum absolute atomic E-state index is 13.1. The lowest BCUT2D eigenvalue weighted by Crippen LogP contribution is -2.20. The first-order valence-electron chi connectivity index (χ1n) is 15.8. The maximum atomic E-state index is 13.1. The number of rotatable bonds is 11. The topological polar surface area (TPSA) is 117 Å². The number of benzene rings is 4. The molecule has 0 aliphatic rings. The highest BCUT2D eigenvalue weighted by Gasteiger charge is 2.25. The molecule has 1 unspecified atom stereocenters. The summed E-state index contributed by atoms with van der Waals surface area (Å²) in [4.78, 5) is 34.9. The lowest BCUT2D eigenvalue weighted by molar-refractivity contribution is -0.148. The van der Waals surface area contributed by atoms with Gasteiger partial charge < -0.3 is 25.3 Å². The Morgan fingerprint density at radius 3 is 1.52 bits per heavy atom. The summed E-state index contributed by atoms with van der Waals surface area (Å²) in [5.41, 5.74) is 10.7. The molecule has 0 amide bonds. The highest BCUT2D eigenvalue weighted by molar-refractivity contribution is 5.90. The molecule has 0 radical (unpaired) electrons. The lowest BCUT2D eigenvalue weighted by atomic mass is 9.98. The number of esters is 3. The van der Waals surface area contributed by atoms with E-state index in [1.807, 2.05) is 50.2 Å². The summed E-state index contributed by atoms with van der Waals surface area (Å²) in [5, 5.41) is 3.21. The summed E-state index contributed by atoms with van der Waals surface area (Å²) >= 11 is 0. The number of nitrogen functional groups attached to an aromatic ring is 1. The van der Waals surface area contributed by atoms with Crippen LogP contribution in [0.4, 0.5) is 20.2 Å². The molecule has 4 aromatic rings. The van der Waals surface area contributed by atoms with Crippen LogP contribution in [0.5, 0.6) is 0 Å². The number of hydrogen-bond acceptors (Lipinski definition) is 8. The van der Waals surface area contributed by atoms with Crippen molar-refractivity contribution < 1.29 is 37.4 Å². The fourth-order valence-corrected chi connectivity index (χ4v) is 4.23. The number of nitrogens with two attached hydrogens (primary N) is 1. The number of hydrogen-bond donors (Lipinski definition) is 2. The number of carbonyl (C=O) groups excluding carboxylic acids is 3. The molecule has 2 atom stereocenters. The Kier molecular flexibility index (Phi) is 16.6. The molecule has 8 nitrogen and oxygen atoms in total. The first-order chi connectivity index (χ1) is 23.7. The van der Waals surface area contributed by atoms with Gasteiger partial charge in [-0.3, -0.25) is 4.79 Å². The van der Waals surface area contributed by atoms with Crippen molar-refractivity contribution in [1.29, 1.82) is 0 Å². The average molecular weight is 687 g/mol. The van der Waals surface area contributed by atoms with Gasteiger partial charge in [-0.25, -0.2) is 18.4 Å². The van der Waals surface area contributed by atoms with Gasteiger partial charge in [0.1, 0.15) is 11.6 Å². The van der Waals surface area contributed by atoms with Crippen LogP contribution in [0, 0.1) is 25.5 Å². The molecular weight excluding hydrogens is 642 g/mol. The Labute approximate surface area is 292 Å². The van der Waals surface area contributed by atoms with Gasteiger partial charge >= 0.3 is 17.9 Å². The Bertz CT molecular complexity index is 1680. The van der Waals surface area contributed by atoms with Crippen molar-refractivity contribution in [2.45, 2.75) is 46.8 Å². The van der Waals surface area contributed by atoms with Crippen molar-refractivity contribution in [3.05, 3.63) is 155 Å². The third-order valence-corrected chi connectivity index (χ3v) is 6.84. The van der Waals surface area contributed by atoms with Crippen LogP contribution >= 0.6 is 0 Å². The van der Waals surface area contributed by atoms with Gasteiger partial charge in [-0.2, -0.15) is 0 Å². The largest absolute Gasteiger partial charge is 0.463 e. The summed E-state index contributed by atoms with van der Waals surface area (Å²) < 4.78 is 40.2. The van der Waals surface area contributed by atoms with Crippen LogP contribution in [0.2, 0.25) is 0 Å². The molecule has 3 N–H and O–H groups in total. The van der Waals surface area contributed by atoms with E-state index in [4.69, 9.17) is 19.9 Å². The van der Waals surface area contributed by atoms with E-state index in [0.717, 1.165) is 16.7 Å². The number of ether oxygens (including phenoxy) is 3. The normalized spacial score (nSPS) is 11.2. The molecule has 4 rings (SSSR count). The molecule has 264 valence electrons. The molecule has 0 bridgehead atoms. The molecule has 0 saturated carbocycles. The van der Waals surface area contributed by atoms with Gasteiger partial charge in [0.25, 0.3) is 0 Å². The van der Waals surface area contributed by atoms with Crippen LogP contribution in [0.3, 0.4) is 0 Å². The van der Waals surface area contributed by atoms with Crippen molar-refractivity contribution in [1.82, 2.24) is 0 Å². The van der Waals surface area contributed by atoms with E-state index in [9.17, 15) is 23.2 Å². The fourth-order valence-electron chi connectivity index (χ4n) is 4.23. The van der Waals surface area contributed by atoms with E-state index in [1.54, 1.807) is 38.1 Å². The summed E-state index contributed by atoms with van der Waals surface area (Å²) in [7, 11) is 0. The summed E-state index contributed by atoms with van der Waals surface area (Å²) in [6, 6.07) is 26.4. The highest BCUT2D eigenvalue weighted by atomic mass is 19.1. The standard InChI is InChI=1S/C19H20FNO2.C15H18O4.C6H6FN/c1-4-23-19(22)14(3)18(15-7-5-13(2)6-8-15)21-17-11-9-16(20)10-12-17;1-5-18-15(17)11(3)14(19-12(4)16)13-8-6-10(2)7-9-13;7-5-1-3-6(8)4-2-5/h5-12,18,21H,3-4H2,1-2H3;6-9,14H,3,5H2,1-2,4H3;1-4H,8H2/t18-;;/m1../s1. The average Bonchev–Trinajstić information content (AvgIpc) is 3.09. The predicted molar refractivity (Wildman–Crippen MR) is 192 cm³/mol. The van der Waals surface area contributed by atoms with Crippen molar-refractivity contribution in [2.24, 2.45) is 0 Å². The molecule has 0 saturated heterocycles. The second-order valence-electron chi connectivity index (χ2n) is 10.9. The third-order valence-electron chi connectivity index (χ3n) is 6.84. The predicted octanol–water partition coefficient (Wildman–Crippen LogP) is 8.53. The Morgan fingerprint density at radius 1 is 0.680 bits per heavy atom. The highest BCUT2D eigenvalue weighted by Crippen LogP contribution is 2.28. The lowest BCUT2D eigenvalue weighted by Gasteiger charge is -2.22. The monoisotopic (exact) mass is 686 g/mol. The van der Waals surface area contributed by atoms with Crippen LogP contribution in [-0.4, -0.2) is 31.1 Å². The summed E-state index contributed by atoms with van der Waals surface area (Å²) in [5.74, 6) is -2.05. The number of carbonyl (C=O) groups is 3. The number of halogens is 2. The molecule has 50 heavy (non-hydrogen) atoms. The molecule has 0 aliphatic carbocycles. The first-order valence-corrected chi connectivity index (χ1v) is 15.8. The van der Waals surface area contributed by atoms with Gasteiger partial charge in [0.05, 0.1) is 30.4 Å². The Morgan fingerprint density at radius 2 is 1.10 bits per heavy atom. The van der Waals surface area contributed by atoms with Gasteiger partial charge in [-0.05, 0) is 87.4 Å². The van der Waals surface area contributed by atoms with Crippen LogP contribution in [0.1, 0.15) is 55.2 Å². The molecular formula is C40H44F2N2O6. The first kappa shape index (κ1) is 40.4. The quantitative estimate of drug-likeness (QED) is 0.0698. The zero-order valence-electron chi connectivity index (χ0n) is 29.0. The van der Waals surface area contributed by atoms with Gasteiger partial charge in [-0.1, -0.05) is 72.8 Å². The van der Waals surface area contributed by atoms with E-state index in [1.165, 1.54) is 43.3 Å². The van der Waals surface area contributed by atoms with Crippen molar-refractivity contribution >= 4 is 29.3 Å². The van der Waals surface area contributed by atoms with E-state index < -0.39 is 30.1 Å². The van der Waals surface area contributed by atoms with Gasteiger partial charge in [0.2, 0.25) is 0 Å². The minimum Gasteiger partial charge on any atom is -0.463 e. The minimum atomic E-state index is -0.808. The molecule has 0 aromatic heterocycles. The number of aryl methyl sites for hydroxylation is 2. The van der Waals surface area contributed by atoms with Crippen LogP contribution < -0.4 is 11.1 Å².